The van der Waals surface area contributed by atoms with Gasteiger partial charge in [-0.15, -0.1) is 0 Å². The normalized spacial score (nSPS) is 23.7. The van der Waals surface area contributed by atoms with E-state index in [1.165, 1.54) is 18.2 Å². The number of nitro benzene ring substituents is 1. The number of anilines is 2. The first-order valence-corrected chi connectivity index (χ1v) is 12.1. The van der Waals surface area contributed by atoms with Gasteiger partial charge in [-0.25, -0.2) is 9.69 Å². The summed E-state index contributed by atoms with van der Waals surface area (Å²) in [5.74, 6) is -3.43. The molecule has 3 aliphatic heterocycles. The minimum absolute atomic E-state index is 0.126. The van der Waals surface area contributed by atoms with E-state index in [1.807, 2.05) is 53.5 Å². The summed E-state index contributed by atoms with van der Waals surface area (Å²) in [6.45, 7) is 3.51. The number of imide groups is 1. The molecule has 0 aromatic heterocycles. The number of carbonyl (C=O) groups excluding carboxylic acids is 3. The lowest BCUT2D eigenvalue weighted by atomic mass is 9.88. The van der Waals surface area contributed by atoms with E-state index in [1.54, 1.807) is 13.8 Å². The number of hydrogen-bond acceptors (Lipinski definition) is 7. The summed E-state index contributed by atoms with van der Waals surface area (Å²) in [6, 6.07) is 14.3. The number of hydrogen-bond donors (Lipinski definition) is 0. The summed E-state index contributed by atoms with van der Waals surface area (Å²) < 4.78 is 5.41. The van der Waals surface area contributed by atoms with E-state index in [0.29, 0.717) is 5.56 Å². The monoisotopic (exact) mass is 497 g/mol. The predicted molar refractivity (Wildman–Crippen MR) is 137 cm³/mol. The van der Waals surface area contributed by atoms with Gasteiger partial charge in [0.1, 0.15) is 6.04 Å². The topological polar surface area (TPSA) is 110 Å². The highest BCUT2D eigenvalue weighted by atomic mass is 16.6. The molecule has 0 saturated carbocycles. The highest BCUT2D eigenvalue weighted by molar-refractivity contribution is 6.25. The molecule has 37 heavy (non-hydrogen) atoms. The van der Waals surface area contributed by atoms with Crippen molar-refractivity contribution in [3.8, 4) is 0 Å². The maximum Gasteiger partial charge on any atom is 0.329 e. The van der Waals surface area contributed by atoms with Crippen molar-refractivity contribution >= 4 is 51.7 Å². The first-order valence-electron chi connectivity index (χ1n) is 12.1. The second kappa shape index (κ2) is 8.26. The number of non-ortho nitro benzene ring substituents is 1. The largest absolute Gasteiger partial charge is 0.464 e. The maximum absolute atomic E-state index is 13.9. The van der Waals surface area contributed by atoms with Crippen molar-refractivity contribution < 1.29 is 24.0 Å². The minimum Gasteiger partial charge on any atom is -0.464 e. The van der Waals surface area contributed by atoms with Crippen LogP contribution in [0.4, 0.5) is 17.1 Å². The Morgan fingerprint density at radius 1 is 1.03 bits per heavy atom. The molecular weight excluding hydrogens is 474 g/mol. The summed E-state index contributed by atoms with van der Waals surface area (Å²) in [7, 11) is 0. The summed E-state index contributed by atoms with van der Waals surface area (Å²) in [5, 5.41) is 13.4. The molecule has 186 valence electrons. The standard InChI is InChI=1S/C28H23N3O6/c1-3-37-28(34)25-24-23(26(32)30(27(24)33)22-14-17(31(35)36)10-8-15(22)2)21-13-11-19-18-7-5-4-6-16(18)9-12-20(19)29(21)25/h4-14,21,23-25H,3H2,1-2H3/t21-,23+,24-,25+/m1/s1. The molecule has 6 rings (SSSR count). The molecule has 2 fully saturated rings. The number of esters is 1. The summed E-state index contributed by atoms with van der Waals surface area (Å²) in [5.41, 5.74) is 2.17. The number of ether oxygens (including phenoxy) is 1. The Hall–Kier alpha value is -4.53. The van der Waals surface area contributed by atoms with Crippen LogP contribution in [-0.2, 0) is 19.1 Å². The molecule has 2 amide bonds. The molecule has 2 saturated heterocycles. The molecular formula is C28H23N3O6. The third-order valence-electron chi connectivity index (χ3n) is 7.59. The molecule has 4 atom stereocenters. The molecule has 0 spiro atoms. The molecule has 3 aromatic rings. The Balaban J connectivity index is 1.50. The fraction of sp³-hybridized carbons (Fsp3) is 0.250. The number of nitrogens with zero attached hydrogens (tertiary/aromatic N) is 3. The first-order chi connectivity index (χ1) is 17.8. The quantitative estimate of drug-likeness (QED) is 0.232. The minimum atomic E-state index is -1.01. The molecule has 0 N–H and O–H groups in total. The van der Waals surface area contributed by atoms with Crippen LogP contribution in [0, 0.1) is 28.9 Å². The van der Waals surface area contributed by atoms with Gasteiger partial charge in [-0.05, 0) is 36.2 Å². The average Bonchev–Trinajstić information content (AvgIpc) is 3.37. The van der Waals surface area contributed by atoms with Gasteiger partial charge in [0, 0.05) is 23.4 Å². The Labute approximate surface area is 212 Å². The van der Waals surface area contributed by atoms with Gasteiger partial charge in [-0.1, -0.05) is 48.6 Å². The third-order valence-corrected chi connectivity index (χ3v) is 7.59. The second-order valence-electron chi connectivity index (χ2n) is 9.46. The Kier molecular flexibility index (Phi) is 5.11. The molecule has 9 heteroatoms. The lowest BCUT2D eigenvalue weighted by Gasteiger charge is -2.36. The number of nitro groups is 1. The van der Waals surface area contributed by atoms with Gasteiger partial charge in [0.25, 0.3) is 5.69 Å². The molecule has 0 aliphatic carbocycles. The maximum atomic E-state index is 13.9. The van der Waals surface area contributed by atoms with Gasteiger partial charge in [0.2, 0.25) is 11.8 Å². The summed E-state index contributed by atoms with van der Waals surface area (Å²) >= 11 is 0. The van der Waals surface area contributed by atoms with Crippen LogP contribution in [0.5, 0.6) is 0 Å². The van der Waals surface area contributed by atoms with Crippen LogP contribution in [0.3, 0.4) is 0 Å². The number of aryl methyl sites for hydroxylation is 1. The van der Waals surface area contributed by atoms with Crippen molar-refractivity contribution in [3.05, 3.63) is 81.9 Å². The van der Waals surface area contributed by atoms with Gasteiger partial charge in [0.15, 0.2) is 0 Å². The molecule has 0 unspecified atom stereocenters. The van der Waals surface area contributed by atoms with Crippen LogP contribution in [0.2, 0.25) is 0 Å². The molecule has 9 nitrogen and oxygen atoms in total. The Bertz CT molecular complexity index is 1550. The number of fused-ring (bicyclic) bond motifs is 7. The first kappa shape index (κ1) is 22.9. The zero-order valence-corrected chi connectivity index (χ0v) is 20.2. The predicted octanol–water partition coefficient (Wildman–Crippen LogP) is 4.01. The van der Waals surface area contributed by atoms with Crippen molar-refractivity contribution in [2.45, 2.75) is 25.9 Å². The average molecular weight is 498 g/mol. The van der Waals surface area contributed by atoms with E-state index in [0.717, 1.165) is 26.9 Å². The molecule has 0 bridgehead atoms. The van der Waals surface area contributed by atoms with Crippen LogP contribution in [0.15, 0.2) is 60.7 Å². The zero-order valence-electron chi connectivity index (χ0n) is 20.2. The van der Waals surface area contributed by atoms with Crippen molar-refractivity contribution in [2.24, 2.45) is 11.8 Å². The number of carbonyl (C=O) groups is 3. The number of rotatable bonds is 4. The van der Waals surface area contributed by atoms with E-state index in [-0.39, 0.29) is 18.0 Å². The molecule has 3 aliphatic rings. The van der Waals surface area contributed by atoms with Crippen LogP contribution in [0.1, 0.15) is 18.1 Å². The molecule has 0 radical (unpaired) electrons. The number of amides is 2. The molecule has 3 aromatic carbocycles. The van der Waals surface area contributed by atoms with Crippen molar-refractivity contribution in [1.82, 2.24) is 0 Å². The van der Waals surface area contributed by atoms with Crippen LogP contribution >= 0.6 is 0 Å². The highest BCUT2D eigenvalue weighted by Crippen LogP contribution is 2.50. The van der Waals surface area contributed by atoms with Gasteiger partial charge in [0.05, 0.1) is 35.1 Å². The van der Waals surface area contributed by atoms with E-state index in [2.05, 4.69) is 0 Å². The third kappa shape index (κ3) is 3.20. The van der Waals surface area contributed by atoms with Gasteiger partial charge >= 0.3 is 5.97 Å². The van der Waals surface area contributed by atoms with E-state index < -0.39 is 46.6 Å². The SMILES string of the molecule is CCOC(=O)[C@@H]1[C@@H]2C(=O)N(c3cc([N+](=O)[O-])ccc3C)C(=O)[C@H]2[C@H]2C=Cc3c(ccc4ccccc34)N21. The Morgan fingerprint density at radius 2 is 1.78 bits per heavy atom. The fourth-order valence-corrected chi connectivity index (χ4v) is 6.01. The number of benzene rings is 3. The van der Waals surface area contributed by atoms with Crippen molar-refractivity contribution in [1.29, 1.82) is 0 Å². The van der Waals surface area contributed by atoms with Crippen molar-refractivity contribution in [3.63, 3.8) is 0 Å². The van der Waals surface area contributed by atoms with Gasteiger partial charge in [-0.3, -0.25) is 19.7 Å². The van der Waals surface area contributed by atoms with Crippen LogP contribution in [-0.4, -0.2) is 41.4 Å². The van der Waals surface area contributed by atoms with Crippen LogP contribution < -0.4 is 9.80 Å². The summed E-state index contributed by atoms with van der Waals surface area (Å²) in [4.78, 5) is 54.8. The van der Waals surface area contributed by atoms with E-state index in [9.17, 15) is 24.5 Å². The zero-order chi connectivity index (χ0) is 26.0. The fourth-order valence-electron chi connectivity index (χ4n) is 6.01. The van der Waals surface area contributed by atoms with Crippen molar-refractivity contribution in [2.75, 3.05) is 16.4 Å². The van der Waals surface area contributed by atoms with Crippen LogP contribution in [0.25, 0.3) is 16.8 Å². The second-order valence-corrected chi connectivity index (χ2v) is 9.46. The molecule has 3 heterocycles. The van der Waals surface area contributed by atoms with E-state index in [4.69, 9.17) is 4.74 Å². The smallest absolute Gasteiger partial charge is 0.329 e. The lowest BCUT2D eigenvalue weighted by molar-refractivity contribution is -0.384. The van der Waals surface area contributed by atoms with Gasteiger partial charge < -0.3 is 9.64 Å². The summed E-state index contributed by atoms with van der Waals surface area (Å²) in [6.07, 6.45) is 3.82. The van der Waals surface area contributed by atoms with Gasteiger partial charge in [-0.2, -0.15) is 0 Å². The van der Waals surface area contributed by atoms with E-state index >= 15 is 0 Å². The highest BCUT2D eigenvalue weighted by Gasteiger charge is 2.65. The lowest BCUT2D eigenvalue weighted by Crippen LogP contribution is -2.49. The Morgan fingerprint density at radius 3 is 2.54 bits per heavy atom.